The summed E-state index contributed by atoms with van der Waals surface area (Å²) in [6.45, 7) is 1.80. The van der Waals surface area contributed by atoms with Gasteiger partial charge in [0.05, 0.1) is 11.2 Å². The van der Waals surface area contributed by atoms with E-state index in [0.29, 0.717) is 11.8 Å². The van der Waals surface area contributed by atoms with E-state index in [2.05, 4.69) is 32.0 Å². The molecule has 1 aromatic carbocycles. The van der Waals surface area contributed by atoms with Gasteiger partial charge in [-0.2, -0.15) is 5.26 Å². The molecule has 28 heavy (non-hydrogen) atoms. The first-order valence-electron chi connectivity index (χ1n) is 9.77. The molecule has 2 fully saturated rings. The summed E-state index contributed by atoms with van der Waals surface area (Å²) in [6.07, 6.45) is 9.02. The first-order valence-corrected chi connectivity index (χ1v) is 9.77. The largest absolute Gasteiger partial charge is 0.370 e. The van der Waals surface area contributed by atoms with Crippen molar-refractivity contribution in [3.63, 3.8) is 0 Å². The Balaban J connectivity index is 1.60. The Morgan fingerprint density at radius 2 is 1.89 bits per heavy atom. The van der Waals surface area contributed by atoms with E-state index in [1.165, 1.54) is 12.8 Å². The Labute approximate surface area is 162 Å². The standard InChI is InChI=1S/C22H21N5O/c23-14-17-20(27-10-6-22(4-5-22)7-11-27)16-12-15(2-3-18(16)26-21(17)28)13-19-24-8-1-9-25-19/h1-3,8-9,12H,4-7,10-11,13H2,(H,26,28). The van der Waals surface area contributed by atoms with E-state index >= 15 is 0 Å². The van der Waals surface area contributed by atoms with Crippen LogP contribution < -0.4 is 10.5 Å². The normalized spacial score (nSPS) is 17.6. The van der Waals surface area contributed by atoms with Crippen molar-refractivity contribution >= 4 is 16.6 Å². The SMILES string of the molecule is N#Cc1c(N2CCC3(CC2)CC3)c2cc(Cc3ncccn3)ccc2[nH]c1=O. The first kappa shape index (κ1) is 16.9. The zero-order valence-electron chi connectivity index (χ0n) is 15.6. The van der Waals surface area contributed by atoms with Crippen molar-refractivity contribution in [1.29, 1.82) is 5.26 Å². The highest BCUT2D eigenvalue weighted by molar-refractivity contribution is 5.95. The molecule has 1 saturated carbocycles. The molecule has 5 rings (SSSR count). The number of hydrogen-bond acceptors (Lipinski definition) is 5. The smallest absolute Gasteiger partial charge is 0.268 e. The van der Waals surface area contributed by atoms with Crippen molar-refractivity contribution in [2.24, 2.45) is 5.41 Å². The fourth-order valence-corrected chi connectivity index (χ4v) is 4.35. The van der Waals surface area contributed by atoms with Gasteiger partial charge in [0.1, 0.15) is 17.5 Å². The number of pyridine rings is 1. The molecule has 3 heterocycles. The number of fused-ring (bicyclic) bond motifs is 1. The van der Waals surface area contributed by atoms with Gasteiger partial charge in [0.15, 0.2) is 0 Å². The topological polar surface area (TPSA) is 85.7 Å². The number of aromatic amines is 1. The molecule has 3 aromatic rings. The Hall–Kier alpha value is -3.20. The van der Waals surface area contributed by atoms with E-state index < -0.39 is 0 Å². The van der Waals surface area contributed by atoms with Crippen molar-refractivity contribution < 1.29 is 0 Å². The lowest BCUT2D eigenvalue weighted by Crippen LogP contribution is -2.36. The highest BCUT2D eigenvalue weighted by Crippen LogP contribution is 2.54. The van der Waals surface area contributed by atoms with Gasteiger partial charge in [0.25, 0.3) is 5.56 Å². The lowest BCUT2D eigenvalue weighted by Gasteiger charge is -2.34. The van der Waals surface area contributed by atoms with Crippen LogP contribution in [0, 0.1) is 16.7 Å². The summed E-state index contributed by atoms with van der Waals surface area (Å²) in [4.78, 5) is 26.2. The van der Waals surface area contributed by atoms with Gasteiger partial charge in [-0.15, -0.1) is 0 Å². The monoisotopic (exact) mass is 371 g/mol. The third-order valence-corrected chi connectivity index (χ3v) is 6.24. The maximum Gasteiger partial charge on any atom is 0.268 e. The molecule has 1 spiro atoms. The molecular weight excluding hydrogens is 350 g/mol. The van der Waals surface area contributed by atoms with Crippen LogP contribution >= 0.6 is 0 Å². The number of nitrogens with zero attached hydrogens (tertiary/aromatic N) is 4. The summed E-state index contributed by atoms with van der Waals surface area (Å²) in [5.74, 6) is 0.752. The summed E-state index contributed by atoms with van der Waals surface area (Å²) in [7, 11) is 0. The third-order valence-electron chi connectivity index (χ3n) is 6.24. The molecule has 1 aliphatic heterocycles. The minimum atomic E-state index is -0.309. The van der Waals surface area contributed by atoms with E-state index in [1.807, 2.05) is 12.1 Å². The predicted octanol–water partition coefficient (Wildman–Crippen LogP) is 3.16. The molecule has 0 radical (unpaired) electrons. The number of nitriles is 1. The zero-order valence-corrected chi connectivity index (χ0v) is 15.6. The fourth-order valence-electron chi connectivity index (χ4n) is 4.35. The van der Waals surface area contributed by atoms with E-state index in [-0.39, 0.29) is 11.1 Å². The molecule has 6 heteroatoms. The molecular formula is C22H21N5O. The summed E-state index contributed by atoms with van der Waals surface area (Å²) >= 11 is 0. The number of hydrogen-bond donors (Lipinski definition) is 1. The maximum atomic E-state index is 12.5. The fraction of sp³-hybridized carbons (Fsp3) is 0.364. The highest BCUT2D eigenvalue weighted by Gasteiger charge is 2.44. The summed E-state index contributed by atoms with van der Waals surface area (Å²) in [5, 5.41) is 10.6. The van der Waals surface area contributed by atoms with Crippen LogP contribution in [0.25, 0.3) is 10.9 Å². The number of aromatic nitrogens is 3. The number of anilines is 1. The molecule has 0 amide bonds. The summed E-state index contributed by atoms with van der Waals surface area (Å²) in [5.41, 5.74) is 3.06. The van der Waals surface area contributed by atoms with Gasteiger partial charge < -0.3 is 9.88 Å². The maximum absolute atomic E-state index is 12.5. The van der Waals surface area contributed by atoms with Gasteiger partial charge in [-0.3, -0.25) is 4.79 Å². The number of rotatable bonds is 3. The molecule has 0 bridgehead atoms. The molecule has 2 aliphatic rings. The highest BCUT2D eigenvalue weighted by atomic mass is 16.1. The number of H-pyrrole nitrogens is 1. The number of benzene rings is 1. The van der Waals surface area contributed by atoms with Crippen molar-refractivity contribution in [3.8, 4) is 6.07 Å². The second-order valence-electron chi connectivity index (χ2n) is 8.00. The summed E-state index contributed by atoms with van der Waals surface area (Å²) < 4.78 is 0. The van der Waals surface area contributed by atoms with Crippen molar-refractivity contribution in [1.82, 2.24) is 15.0 Å². The Kier molecular flexibility index (Phi) is 3.90. The zero-order chi connectivity index (χ0) is 19.1. The minimum Gasteiger partial charge on any atom is -0.370 e. The second kappa shape index (κ2) is 6.45. The van der Waals surface area contributed by atoms with Crippen LogP contribution in [0.2, 0.25) is 0 Å². The van der Waals surface area contributed by atoms with Crippen LogP contribution in [-0.4, -0.2) is 28.0 Å². The van der Waals surface area contributed by atoms with E-state index in [4.69, 9.17) is 0 Å². The van der Waals surface area contributed by atoms with Gasteiger partial charge in [-0.05, 0) is 54.9 Å². The van der Waals surface area contributed by atoms with Gasteiger partial charge >= 0.3 is 0 Å². The number of nitrogens with one attached hydrogen (secondary N) is 1. The molecule has 1 saturated heterocycles. The van der Waals surface area contributed by atoms with Crippen LogP contribution in [0.5, 0.6) is 0 Å². The van der Waals surface area contributed by atoms with Gasteiger partial charge in [0, 0.05) is 37.3 Å². The van der Waals surface area contributed by atoms with Crippen molar-refractivity contribution in [3.05, 3.63) is 64.0 Å². The Morgan fingerprint density at radius 3 is 2.57 bits per heavy atom. The molecule has 0 unspecified atom stereocenters. The lowest BCUT2D eigenvalue weighted by molar-refractivity contribution is 0.385. The van der Waals surface area contributed by atoms with Gasteiger partial charge in [-0.25, -0.2) is 9.97 Å². The molecule has 0 atom stereocenters. The van der Waals surface area contributed by atoms with Crippen LogP contribution in [-0.2, 0) is 6.42 Å². The molecule has 2 aromatic heterocycles. The molecule has 1 aliphatic carbocycles. The molecule has 1 N–H and O–H groups in total. The van der Waals surface area contributed by atoms with E-state index in [0.717, 1.165) is 53.9 Å². The quantitative estimate of drug-likeness (QED) is 0.764. The van der Waals surface area contributed by atoms with Crippen LogP contribution in [0.3, 0.4) is 0 Å². The van der Waals surface area contributed by atoms with Crippen molar-refractivity contribution in [2.75, 3.05) is 18.0 Å². The van der Waals surface area contributed by atoms with E-state index in [1.54, 1.807) is 18.5 Å². The van der Waals surface area contributed by atoms with Crippen molar-refractivity contribution in [2.45, 2.75) is 32.1 Å². The van der Waals surface area contributed by atoms with Crippen LogP contribution in [0.4, 0.5) is 5.69 Å². The average Bonchev–Trinajstić information content (AvgIpc) is 3.48. The average molecular weight is 371 g/mol. The molecule has 140 valence electrons. The second-order valence-corrected chi connectivity index (χ2v) is 8.00. The first-order chi connectivity index (χ1) is 13.7. The molecule has 6 nitrogen and oxygen atoms in total. The Bertz CT molecular complexity index is 1130. The minimum absolute atomic E-state index is 0.215. The van der Waals surface area contributed by atoms with Crippen LogP contribution in [0.15, 0.2) is 41.5 Å². The van der Waals surface area contributed by atoms with Crippen LogP contribution in [0.1, 0.15) is 42.6 Å². The van der Waals surface area contributed by atoms with Gasteiger partial charge in [-0.1, -0.05) is 6.07 Å². The predicted molar refractivity (Wildman–Crippen MR) is 107 cm³/mol. The van der Waals surface area contributed by atoms with Gasteiger partial charge in [0.2, 0.25) is 0 Å². The number of piperidine rings is 1. The third kappa shape index (κ3) is 2.93. The summed E-state index contributed by atoms with van der Waals surface area (Å²) in [6, 6.07) is 9.93. The van der Waals surface area contributed by atoms with E-state index in [9.17, 15) is 10.1 Å². The lowest BCUT2D eigenvalue weighted by atomic mass is 9.92. The Morgan fingerprint density at radius 1 is 1.14 bits per heavy atom.